The molecule has 3 rings (SSSR count). The van der Waals surface area contributed by atoms with Crippen LogP contribution in [0.5, 0.6) is 0 Å². The predicted octanol–water partition coefficient (Wildman–Crippen LogP) is 2.57. The normalized spacial score (nSPS) is 29.6. The van der Waals surface area contributed by atoms with Gasteiger partial charge >= 0.3 is 0 Å². The average Bonchev–Trinajstić information content (AvgIpc) is 2.48. The zero-order valence-corrected chi connectivity index (χ0v) is 12.2. The summed E-state index contributed by atoms with van der Waals surface area (Å²) >= 11 is 0. The van der Waals surface area contributed by atoms with Gasteiger partial charge in [0.2, 0.25) is 5.91 Å². The van der Waals surface area contributed by atoms with Crippen LogP contribution in [0.25, 0.3) is 0 Å². The van der Waals surface area contributed by atoms with Crippen LogP contribution in [0.1, 0.15) is 49.8 Å². The van der Waals surface area contributed by atoms with E-state index in [0.717, 1.165) is 32.2 Å². The monoisotopic (exact) mass is 272 g/mol. The molecule has 0 aromatic heterocycles. The minimum atomic E-state index is 0.123. The third kappa shape index (κ3) is 2.73. The van der Waals surface area contributed by atoms with Crippen LogP contribution in [0, 0.1) is 5.92 Å². The molecule has 0 radical (unpaired) electrons. The van der Waals surface area contributed by atoms with Gasteiger partial charge in [-0.05, 0) is 56.7 Å². The number of carbonyl (C=O) groups excluding carboxylic acids is 1. The lowest BCUT2D eigenvalue weighted by atomic mass is 9.86. The molecule has 3 atom stereocenters. The van der Waals surface area contributed by atoms with Gasteiger partial charge in [-0.3, -0.25) is 4.79 Å². The van der Waals surface area contributed by atoms with Gasteiger partial charge in [-0.2, -0.15) is 0 Å². The second-order valence-corrected chi connectivity index (χ2v) is 6.14. The molecule has 1 heterocycles. The van der Waals surface area contributed by atoms with E-state index < -0.39 is 0 Å². The molecule has 0 saturated carbocycles. The number of benzene rings is 1. The molecule has 0 bridgehead atoms. The van der Waals surface area contributed by atoms with E-state index in [2.05, 4.69) is 41.8 Å². The lowest BCUT2D eigenvalue weighted by molar-refractivity contribution is -0.127. The van der Waals surface area contributed by atoms with Crippen LogP contribution in [0.4, 0.5) is 0 Å². The van der Waals surface area contributed by atoms with Gasteiger partial charge in [0, 0.05) is 6.04 Å². The molecule has 1 aromatic carbocycles. The lowest BCUT2D eigenvalue weighted by Gasteiger charge is -2.32. The number of hydrogen-bond donors (Lipinski definition) is 2. The number of piperidine rings is 1. The molecule has 1 fully saturated rings. The summed E-state index contributed by atoms with van der Waals surface area (Å²) in [4.78, 5) is 12.5. The smallest absolute Gasteiger partial charge is 0.225 e. The van der Waals surface area contributed by atoms with Gasteiger partial charge in [-0.1, -0.05) is 24.3 Å². The number of amides is 1. The Kier molecular flexibility index (Phi) is 4.06. The standard InChI is InChI=1S/C17H24N2O/c1-12-14(9-5-11-18-12)17(20)19-16-10-4-7-13-6-2-3-8-15(13)16/h2-3,6,8,12,14,16,18H,4-5,7,9-11H2,1H3,(H,19,20). The summed E-state index contributed by atoms with van der Waals surface area (Å²) in [7, 11) is 0. The quantitative estimate of drug-likeness (QED) is 0.869. The number of aryl methyl sites for hydroxylation is 1. The zero-order valence-electron chi connectivity index (χ0n) is 12.2. The summed E-state index contributed by atoms with van der Waals surface area (Å²) in [6.45, 7) is 3.16. The van der Waals surface area contributed by atoms with Gasteiger partial charge in [-0.15, -0.1) is 0 Å². The molecule has 108 valence electrons. The Balaban J connectivity index is 1.70. The van der Waals surface area contributed by atoms with E-state index in [0.29, 0.717) is 6.04 Å². The summed E-state index contributed by atoms with van der Waals surface area (Å²) in [5.74, 6) is 0.351. The van der Waals surface area contributed by atoms with Crippen LogP contribution >= 0.6 is 0 Å². The molecule has 2 N–H and O–H groups in total. The van der Waals surface area contributed by atoms with E-state index in [4.69, 9.17) is 0 Å². The second-order valence-electron chi connectivity index (χ2n) is 6.14. The van der Waals surface area contributed by atoms with Gasteiger partial charge in [0.1, 0.15) is 0 Å². The number of fused-ring (bicyclic) bond motifs is 1. The molecule has 3 heteroatoms. The fourth-order valence-electron chi connectivity index (χ4n) is 3.58. The molecule has 1 amide bonds. The van der Waals surface area contributed by atoms with Crippen LogP contribution in [0.3, 0.4) is 0 Å². The molecule has 1 aliphatic heterocycles. The first-order chi connectivity index (χ1) is 9.75. The molecular weight excluding hydrogens is 248 g/mol. The fraction of sp³-hybridized carbons (Fsp3) is 0.588. The maximum atomic E-state index is 12.5. The van der Waals surface area contributed by atoms with Crippen molar-refractivity contribution in [3.63, 3.8) is 0 Å². The number of hydrogen-bond acceptors (Lipinski definition) is 2. The van der Waals surface area contributed by atoms with Crippen molar-refractivity contribution in [1.82, 2.24) is 10.6 Å². The zero-order chi connectivity index (χ0) is 13.9. The van der Waals surface area contributed by atoms with Crippen molar-refractivity contribution in [3.8, 4) is 0 Å². The molecule has 1 aromatic rings. The van der Waals surface area contributed by atoms with Crippen LogP contribution in [0.2, 0.25) is 0 Å². The summed E-state index contributed by atoms with van der Waals surface area (Å²) in [5.41, 5.74) is 2.72. The average molecular weight is 272 g/mol. The highest BCUT2D eigenvalue weighted by molar-refractivity contribution is 5.80. The highest BCUT2D eigenvalue weighted by Gasteiger charge is 2.30. The maximum Gasteiger partial charge on any atom is 0.225 e. The van der Waals surface area contributed by atoms with Crippen molar-refractivity contribution in [3.05, 3.63) is 35.4 Å². The first kappa shape index (κ1) is 13.6. The van der Waals surface area contributed by atoms with E-state index in [-0.39, 0.29) is 17.9 Å². The molecule has 2 aliphatic rings. The van der Waals surface area contributed by atoms with Gasteiger partial charge in [-0.25, -0.2) is 0 Å². The Hall–Kier alpha value is -1.35. The Morgan fingerprint density at radius 1 is 1.25 bits per heavy atom. The van der Waals surface area contributed by atoms with Crippen LogP contribution < -0.4 is 10.6 Å². The minimum absolute atomic E-state index is 0.123. The second kappa shape index (κ2) is 5.96. The van der Waals surface area contributed by atoms with Gasteiger partial charge < -0.3 is 10.6 Å². The summed E-state index contributed by atoms with van der Waals surface area (Å²) in [6, 6.07) is 9.04. The van der Waals surface area contributed by atoms with E-state index in [1.807, 2.05) is 0 Å². The van der Waals surface area contributed by atoms with Crippen molar-refractivity contribution in [2.75, 3.05) is 6.54 Å². The first-order valence-corrected chi connectivity index (χ1v) is 7.87. The van der Waals surface area contributed by atoms with Crippen LogP contribution in [-0.4, -0.2) is 18.5 Å². The van der Waals surface area contributed by atoms with Crippen molar-refractivity contribution in [2.45, 2.75) is 51.1 Å². The summed E-state index contributed by atoms with van der Waals surface area (Å²) < 4.78 is 0. The molecule has 0 spiro atoms. The number of nitrogens with one attached hydrogen (secondary N) is 2. The Labute approximate surface area is 121 Å². The minimum Gasteiger partial charge on any atom is -0.349 e. The summed E-state index contributed by atoms with van der Waals surface area (Å²) in [5, 5.41) is 6.70. The van der Waals surface area contributed by atoms with Crippen LogP contribution in [-0.2, 0) is 11.2 Å². The van der Waals surface area contributed by atoms with E-state index >= 15 is 0 Å². The Morgan fingerprint density at radius 3 is 2.95 bits per heavy atom. The van der Waals surface area contributed by atoms with Gasteiger partial charge in [0.25, 0.3) is 0 Å². The molecule has 1 saturated heterocycles. The topological polar surface area (TPSA) is 41.1 Å². The highest BCUT2D eigenvalue weighted by Crippen LogP contribution is 2.30. The van der Waals surface area contributed by atoms with E-state index in [1.165, 1.54) is 17.5 Å². The highest BCUT2D eigenvalue weighted by atomic mass is 16.2. The molecule has 20 heavy (non-hydrogen) atoms. The largest absolute Gasteiger partial charge is 0.349 e. The van der Waals surface area contributed by atoms with Crippen molar-refractivity contribution in [2.24, 2.45) is 5.92 Å². The van der Waals surface area contributed by atoms with Crippen LogP contribution in [0.15, 0.2) is 24.3 Å². The number of rotatable bonds is 2. The molecule has 1 aliphatic carbocycles. The third-order valence-corrected chi connectivity index (χ3v) is 4.78. The Morgan fingerprint density at radius 2 is 2.10 bits per heavy atom. The molecule has 3 unspecified atom stereocenters. The fourth-order valence-corrected chi connectivity index (χ4v) is 3.58. The third-order valence-electron chi connectivity index (χ3n) is 4.78. The van der Waals surface area contributed by atoms with Gasteiger partial charge in [0.15, 0.2) is 0 Å². The SMILES string of the molecule is CC1NCCCC1C(=O)NC1CCCc2ccccc21. The van der Waals surface area contributed by atoms with E-state index in [9.17, 15) is 4.79 Å². The first-order valence-electron chi connectivity index (χ1n) is 7.87. The molecule has 3 nitrogen and oxygen atoms in total. The predicted molar refractivity (Wildman–Crippen MR) is 80.5 cm³/mol. The number of carbonyl (C=O) groups is 1. The summed E-state index contributed by atoms with van der Waals surface area (Å²) in [6.07, 6.45) is 5.49. The van der Waals surface area contributed by atoms with E-state index in [1.54, 1.807) is 0 Å². The Bertz CT molecular complexity index is 486. The lowest BCUT2D eigenvalue weighted by Crippen LogP contribution is -2.47. The van der Waals surface area contributed by atoms with Crippen molar-refractivity contribution < 1.29 is 4.79 Å². The maximum absolute atomic E-state index is 12.5. The van der Waals surface area contributed by atoms with Crippen molar-refractivity contribution >= 4 is 5.91 Å². The molecular formula is C17H24N2O. The van der Waals surface area contributed by atoms with Gasteiger partial charge in [0.05, 0.1) is 12.0 Å². The van der Waals surface area contributed by atoms with Crippen molar-refractivity contribution in [1.29, 1.82) is 0 Å².